The average Bonchev–Trinajstić information content (AvgIpc) is 3.40. The lowest BCUT2D eigenvalue weighted by molar-refractivity contribution is 0.0934. The monoisotopic (exact) mass is 548 g/mol. The third-order valence-corrected chi connectivity index (χ3v) is 7.63. The van der Waals surface area contributed by atoms with Crippen molar-refractivity contribution in [2.75, 3.05) is 7.11 Å². The molecule has 1 N–H and O–H groups in total. The highest BCUT2D eigenvalue weighted by molar-refractivity contribution is 7.98. The molecule has 1 atom stereocenters. The fourth-order valence-corrected chi connectivity index (χ4v) is 5.45. The summed E-state index contributed by atoms with van der Waals surface area (Å²) in [6.45, 7) is 4.16. The van der Waals surface area contributed by atoms with E-state index in [1.165, 1.54) is 16.7 Å². The number of amides is 1. The van der Waals surface area contributed by atoms with Gasteiger partial charge in [0.15, 0.2) is 11.0 Å². The van der Waals surface area contributed by atoms with Crippen LogP contribution in [0.4, 0.5) is 0 Å². The molecule has 6 nitrogen and oxygen atoms in total. The summed E-state index contributed by atoms with van der Waals surface area (Å²) >= 11 is 1.63. The summed E-state index contributed by atoms with van der Waals surface area (Å²) in [7, 11) is 1.59. The number of carbonyl (C=O) groups excluding carboxylic acids is 1. The van der Waals surface area contributed by atoms with E-state index < -0.39 is 6.04 Å². The van der Waals surface area contributed by atoms with Crippen LogP contribution in [-0.4, -0.2) is 27.8 Å². The van der Waals surface area contributed by atoms with Gasteiger partial charge in [-0.05, 0) is 61.7 Å². The number of methoxy groups -OCH3 is 1. The lowest BCUT2D eigenvalue weighted by Gasteiger charge is -2.20. The van der Waals surface area contributed by atoms with Crippen LogP contribution in [0.3, 0.4) is 0 Å². The molecule has 0 bridgehead atoms. The van der Waals surface area contributed by atoms with Gasteiger partial charge in [0.25, 0.3) is 5.91 Å². The van der Waals surface area contributed by atoms with E-state index in [1.807, 2.05) is 30.3 Å². The summed E-state index contributed by atoms with van der Waals surface area (Å²) in [5.41, 5.74) is 6.17. The van der Waals surface area contributed by atoms with Gasteiger partial charge in [-0.2, -0.15) is 0 Å². The molecule has 5 aromatic rings. The van der Waals surface area contributed by atoms with E-state index in [1.54, 1.807) is 31.0 Å². The van der Waals surface area contributed by atoms with Gasteiger partial charge in [0.1, 0.15) is 5.75 Å². The van der Waals surface area contributed by atoms with Crippen LogP contribution >= 0.6 is 11.8 Å². The molecule has 1 aromatic heterocycles. The van der Waals surface area contributed by atoms with Crippen LogP contribution in [0, 0.1) is 13.8 Å². The smallest absolute Gasteiger partial charge is 0.252 e. The lowest BCUT2D eigenvalue weighted by atomic mass is 10.0. The third-order valence-electron chi connectivity index (χ3n) is 6.63. The van der Waals surface area contributed by atoms with Gasteiger partial charge in [-0.25, -0.2) is 0 Å². The molecule has 0 spiro atoms. The second-order valence-electron chi connectivity index (χ2n) is 9.74. The van der Waals surface area contributed by atoms with Crippen LogP contribution < -0.4 is 10.1 Å². The Hall–Kier alpha value is -4.36. The Morgan fingerprint density at radius 1 is 0.850 bits per heavy atom. The maximum Gasteiger partial charge on any atom is 0.252 e. The number of aryl methyl sites for hydroxylation is 2. The van der Waals surface area contributed by atoms with Crippen LogP contribution in [0.5, 0.6) is 5.75 Å². The first kappa shape index (κ1) is 27.2. The van der Waals surface area contributed by atoms with E-state index >= 15 is 0 Å². The van der Waals surface area contributed by atoms with Crippen molar-refractivity contribution in [2.45, 2.75) is 37.2 Å². The predicted molar refractivity (Wildman–Crippen MR) is 160 cm³/mol. The number of nitrogens with zero attached hydrogens (tertiary/aromatic N) is 3. The van der Waals surface area contributed by atoms with Crippen molar-refractivity contribution in [1.82, 2.24) is 20.1 Å². The molecule has 4 aromatic carbocycles. The first-order valence-electron chi connectivity index (χ1n) is 13.2. The van der Waals surface area contributed by atoms with Crippen molar-refractivity contribution >= 4 is 17.7 Å². The normalized spacial score (nSPS) is 11.7. The summed E-state index contributed by atoms with van der Waals surface area (Å²) in [6.07, 6.45) is 0.559. The second kappa shape index (κ2) is 12.7. The molecule has 40 heavy (non-hydrogen) atoms. The Kier molecular flexibility index (Phi) is 8.62. The average molecular weight is 549 g/mol. The summed E-state index contributed by atoms with van der Waals surface area (Å²) < 4.78 is 7.41. The number of carbonyl (C=O) groups is 1. The topological polar surface area (TPSA) is 69.0 Å². The highest BCUT2D eigenvalue weighted by Gasteiger charge is 2.25. The standard InChI is InChI=1S/C33H32N4O2S/c1-23-15-17-28(18-16-23)37-31(35-36-33(37)40-22-26-12-7-9-24(2)19-26)30(20-25-10-5-4-6-11-25)34-32(38)27-13-8-14-29(21-27)39-3/h4-19,21,30H,20,22H2,1-3H3,(H,34,38). The summed E-state index contributed by atoms with van der Waals surface area (Å²) in [6, 6.07) is 33.6. The SMILES string of the molecule is COc1cccc(C(=O)NC(Cc2ccccc2)c2nnc(SCc3cccc(C)c3)n2-c2ccc(C)cc2)c1. The van der Waals surface area contributed by atoms with E-state index in [0.717, 1.165) is 22.2 Å². The van der Waals surface area contributed by atoms with E-state index in [2.05, 4.69) is 94.6 Å². The molecule has 1 amide bonds. The van der Waals surface area contributed by atoms with Gasteiger partial charge in [0.05, 0.1) is 13.2 Å². The molecule has 0 aliphatic heterocycles. The highest BCUT2D eigenvalue weighted by Crippen LogP contribution is 2.30. The number of ether oxygens (including phenoxy) is 1. The van der Waals surface area contributed by atoms with Crippen LogP contribution in [0.25, 0.3) is 5.69 Å². The number of rotatable bonds is 10. The predicted octanol–water partition coefficient (Wildman–Crippen LogP) is 6.90. The van der Waals surface area contributed by atoms with Crippen LogP contribution in [0.15, 0.2) is 108 Å². The first-order chi connectivity index (χ1) is 19.5. The molecule has 7 heteroatoms. The Bertz CT molecular complexity index is 1580. The third kappa shape index (κ3) is 6.61. The number of thioether (sulfide) groups is 1. The molecule has 5 rings (SSSR count). The molecule has 0 fully saturated rings. The molecule has 1 unspecified atom stereocenters. The molecular weight excluding hydrogens is 516 g/mol. The maximum absolute atomic E-state index is 13.5. The van der Waals surface area contributed by atoms with E-state index in [0.29, 0.717) is 23.6 Å². The van der Waals surface area contributed by atoms with Crippen LogP contribution in [0.2, 0.25) is 0 Å². The molecule has 0 saturated heterocycles. The molecular formula is C33H32N4O2S. The van der Waals surface area contributed by atoms with Crippen molar-refractivity contribution in [3.8, 4) is 11.4 Å². The fourth-order valence-electron chi connectivity index (χ4n) is 4.55. The van der Waals surface area contributed by atoms with E-state index in [4.69, 9.17) is 4.74 Å². The highest BCUT2D eigenvalue weighted by atomic mass is 32.2. The zero-order chi connectivity index (χ0) is 27.9. The number of benzene rings is 4. The molecule has 0 radical (unpaired) electrons. The maximum atomic E-state index is 13.5. The van der Waals surface area contributed by atoms with E-state index in [9.17, 15) is 4.79 Å². The van der Waals surface area contributed by atoms with Crippen molar-refractivity contribution in [3.63, 3.8) is 0 Å². The van der Waals surface area contributed by atoms with Gasteiger partial charge in [-0.3, -0.25) is 9.36 Å². The molecule has 202 valence electrons. The Morgan fingerprint density at radius 3 is 2.35 bits per heavy atom. The van der Waals surface area contributed by atoms with Gasteiger partial charge in [0, 0.05) is 17.0 Å². The van der Waals surface area contributed by atoms with Gasteiger partial charge in [0.2, 0.25) is 0 Å². The second-order valence-corrected chi connectivity index (χ2v) is 10.7. The molecule has 0 aliphatic rings. The number of hydrogen-bond acceptors (Lipinski definition) is 5. The molecule has 1 heterocycles. The fraction of sp³-hybridized carbons (Fsp3) is 0.182. The minimum absolute atomic E-state index is 0.202. The van der Waals surface area contributed by atoms with E-state index in [-0.39, 0.29) is 5.91 Å². The minimum atomic E-state index is -0.428. The zero-order valence-electron chi connectivity index (χ0n) is 22.9. The van der Waals surface area contributed by atoms with Crippen LogP contribution in [-0.2, 0) is 12.2 Å². The van der Waals surface area contributed by atoms with Crippen molar-refractivity contribution in [3.05, 3.63) is 137 Å². The van der Waals surface area contributed by atoms with Gasteiger partial charge in [-0.15, -0.1) is 10.2 Å². The Labute approximate surface area is 239 Å². The quantitative estimate of drug-likeness (QED) is 0.192. The lowest BCUT2D eigenvalue weighted by Crippen LogP contribution is -2.32. The van der Waals surface area contributed by atoms with Crippen molar-refractivity contribution in [1.29, 1.82) is 0 Å². The number of nitrogens with one attached hydrogen (secondary N) is 1. The Morgan fingerprint density at radius 2 is 1.60 bits per heavy atom. The van der Waals surface area contributed by atoms with Gasteiger partial charge < -0.3 is 10.1 Å². The minimum Gasteiger partial charge on any atom is -0.497 e. The molecule has 0 aliphatic carbocycles. The zero-order valence-corrected chi connectivity index (χ0v) is 23.7. The van der Waals surface area contributed by atoms with Gasteiger partial charge >= 0.3 is 0 Å². The summed E-state index contributed by atoms with van der Waals surface area (Å²) in [4.78, 5) is 13.5. The Balaban J connectivity index is 1.53. The number of hydrogen-bond donors (Lipinski definition) is 1. The van der Waals surface area contributed by atoms with Crippen LogP contribution in [0.1, 0.15) is 44.5 Å². The van der Waals surface area contributed by atoms with Gasteiger partial charge in [-0.1, -0.05) is 95.7 Å². The summed E-state index contributed by atoms with van der Waals surface area (Å²) in [5.74, 6) is 1.86. The largest absolute Gasteiger partial charge is 0.497 e. The molecule has 0 saturated carbocycles. The first-order valence-corrected chi connectivity index (χ1v) is 14.2. The number of aromatic nitrogens is 3. The van der Waals surface area contributed by atoms with Crippen molar-refractivity contribution in [2.24, 2.45) is 0 Å². The van der Waals surface area contributed by atoms with Crippen molar-refractivity contribution < 1.29 is 9.53 Å². The summed E-state index contributed by atoms with van der Waals surface area (Å²) in [5, 5.41) is 13.3.